The molecule has 18 heavy (non-hydrogen) atoms. The number of rotatable bonds is 5. The molecule has 1 aromatic carbocycles. The third kappa shape index (κ3) is 5.00. The second-order valence-corrected chi connectivity index (χ2v) is 4.04. The smallest absolute Gasteiger partial charge is 0.307 e. The number of halogens is 3. The number of primary amides is 1. The molecule has 0 saturated heterocycles. The fourth-order valence-electron chi connectivity index (χ4n) is 1.21. The van der Waals surface area contributed by atoms with E-state index in [1.807, 2.05) is 0 Å². The summed E-state index contributed by atoms with van der Waals surface area (Å²) >= 11 is 11.6. The maximum absolute atomic E-state index is 10.6. The Bertz CT molecular complexity index is 465. The van der Waals surface area contributed by atoms with Crippen LogP contribution in [0.4, 0.5) is 0 Å². The summed E-state index contributed by atoms with van der Waals surface area (Å²) in [6.07, 6.45) is -0.311. The van der Waals surface area contributed by atoms with E-state index in [-0.39, 0.29) is 46.8 Å². The molecule has 5 nitrogen and oxygen atoms in total. The van der Waals surface area contributed by atoms with Crippen LogP contribution in [-0.4, -0.2) is 23.6 Å². The molecule has 0 heterocycles. The summed E-state index contributed by atoms with van der Waals surface area (Å²) < 4.78 is 5.06. The first-order valence-electron chi connectivity index (χ1n) is 4.51. The second kappa shape index (κ2) is 7.31. The van der Waals surface area contributed by atoms with Gasteiger partial charge in [-0.2, -0.15) is 0 Å². The topological polar surface area (TPSA) is 89.6 Å². The zero-order valence-electron chi connectivity index (χ0n) is 8.98. The minimum atomic E-state index is -1.06. The van der Waals surface area contributed by atoms with Crippen LogP contribution in [0, 0.1) is 0 Å². The van der Waals surface area contributed by atoms with Crippen molar-refractivity contribution >= 4 is 47.5 Å². The van der Waals surface area contributed by atoms with E-state index < -0.39 is 11.9 Å². The number of hydrogen-bond acceptors (Lipinski definition) is 3. The van der Waals surface area contributed by atoms with Crippen molar-refractivity contribution in [3.63, 3.8) is 0 Å². The molecule has 0 spiro atoms. The van der Waals surface area contributed by atoms with Gasteiger partial charge in [0, 0.05) is 10.6 Å². The quantitative estimate of drug-likeness (QED) is 0.868. The maximum Gasteiger partial charge on any atom is 0.307 e. The molecule has 0 aromatic heterocycles. The van der Waals surface area contributed by atoms with E-state index >= 15 is 0 Å². The van der Waals surface area contributed by atoms with Gasteiger partial charge >= 0.3 is 5.97 Å². The number of benzene rings is 1. The fourth-order valence-corrected chi connectivity index (χ4v) is 1.80. The minimum absolute atomic E-state index is 0. The van der Waals surface area contributed by atoms with Crippen LogP contribution in [0.3, 0.4) is 0 Å². The summed E-state index contributed by atoms with van der Waals surface area (Å²) in [6.45, 7) is -0.381. The van der Waals surface area contributed by atoms with Gasteiger partial charge in [0.25, 0.3) is 5.91 Å². The van der Waals surface area contributed by atoms with Crippen LogP contribution in [0.5, 0.6) is 5.75 Å². The highest BCUT2D eigenvalue weighted by atomic mass is 35.5. The molecule has 0 unspecified atom stereocenters. The van der Waals surface area contributed by atoms with Gasteiger partial charge in [0.1, 0.15) is 5.75 Å². The van der Waals surface area contributed by atoms with Gasteiger partial charge in [-0.3, -0.25) is 9.59 Å². The van der Waals surface area contributed by atoms with Crippen molar-refractivity contribution in [2.45, 2.75) is 6.42 Å². The Morgan fingerprint density at radius 1 is 1.33 bits per heavy atom. The molecule has 0 radical (unpaired) electrons. The first kappa shape index (κ1) is 16.8. The van der Waals surface area contributed by atoms with Crippen molar-refractivity contribution in [1.82, 2.24) is 0 Å². The number of carboxylic acid groups (broad SMARTS) is 1. The highest BCUT2D eigenvalue weighted by molar-refractivity contribution is 6.35. The predicted molar refractivity (Wildman–Crippen MR) is 69.7 cm³/mol. The monoisotopic (exact) mass is 313 g/mol. The van der Waals surface area contributed by atoms with Crippen molar-refractivity contribution in [1.29, 1.82) is 0 Å². The third-order valence-corrected chi connectivity index (χ3v) is 2.28. The lowest BCUT2D eigenvalue weighted by atomic mass is 10.1. The number of ether oxygens (including phenoxy) is 1. The lowest BCUT2D eigenvalue weighted by molar-refractivity contribution is -0.136. The number of nitrogens with two attached hydrogens (primary N) is 1. The number of aliphatic carboxylic acids is 1. The molecule has 1 rings (SSSR count). The molecule has 0 fully saturated rings. The van der Waals surface area contributed by atoms with Gasteiger partial charge < -0.3 is 15.6 Å². The van der Waals surface area contributed by atoms with Gasteiger partial charge in [-0.25, -0.2) is 0 Å². The molecular weight excluding hydrogens is 304 g/mol. The van der Waals surface area contributed by atoms with Gasteiger partial charge in [-0.1, -0.05) is 23.2 Å². The Balaban J connectivity index is 0.00000289. The summed E-state index contributed by atoms with van der Waals surface area (Å²) in [7, 11) is 0. The second-order valence-electron chi connectivity index (χ2n) is 3.20. The van der Waals surface area contributed by atoms with E-state index in [1.165, 1.54) is 12.1 Å². The van der Waals surface area contributed by atoms with Crippen molar-refractivity contribution in [2.75, 3.05) is 6.61 Å². The van der Waals surface area contributed by atoms with E-state index in [1.54, 1.807) is 0 Å². The fraction of sp³-hybridized carbons (Fsp3) is 0.200. The highest BCUT2D eigenvalue weighted by Crippen LogP contribution is 2.32. The normalized spacial score (nSPS) is 9.44. The van der Waals surface area contributed by atoms with Crippen LogP contribution in [0.2, 0.25) is 10.0 Å². The zero-order chi connectivity index (χ0) is 13.0. The number of carboxylic acids is 1. The maximum atomic E-state index is 10.6. The van der Waals surface area contributed by atoms with Gasteiger partial charge in [-0.05, 0) is 12.1 Å². The average Bonchev–Trinajstić information content (AvgIpc) is 2.14. The molecule has 8 heteroatoms. The Labute approximate surface area is 119 Å². The van der Waals surface area contributed by atoms with Crippen LogP contribution in [0.25, 0.3) is 0 Å². The van der Waals surface area contributed by atoms with Gasteiger partial charge in [0.05, 0.1) is 11.4 Å². The molecule has 1 amide bonds. The average molecular weight is 315 g/mol. The molecule has 1 aromatic rings. The van der Waals surface area contributed by atoms with Crippen molar-refractivity contribution in [2.24, 2.45) is 5.73 Å². The van der Waals surface area contributed by atoms with Gasteiger partial charge in [0.15, 0.2) is 6.61 Å². The Morgan fingerprint density at radius 2 is 1.94 bits per heavy atom. The van der Waals surface area contributed by atoms with Crippen molar-refractivity contribution < 1.29 is 19.4 Å². The molecule has 0 aliphatic heterocycles. The Hall–Kier alpha value is -1.17. The molecule has 0 saturated carbocycles. The van der Waals surface area contributed by atoms with E-state index in [0.29, 0.717) is 0 Å². The lowest BCUT2D eigenvalue weighted by Crippen LogP contribution is -2.20. The van der Waals surface area contributed by atoms with Crippen LogP contribution in [-0.2, 0) is 16.0 Å². The summed E-state index contributed by atoms with van der Waals surface area (Å²) in [4.78, 5) is 21.2. The van der Waals surface area contributed by atoms with Crippen LogP contribution < -0.4 is 10.5 Å². The minimum Gasteiger partial charge on any atom is -0.482 e. The molecule has 0 bridgehead atoms. The molecular formula is C10H10Cl3NO4. The van der Waals surface area contributed by atoms with Gasteiger partial charge in [-0.15, -0.1) is 12.4 Å². The first-order valence-corrected chi connectivity index (χ1v) is 5.26. The summed E-state index contributed by atoms with van der Waals surface area (Å²) in [5.74, 6) is -1.64. The molecule has 0 aliphatic rings. The van der Waals surface area contributed by atoms with Crippen LogP contribution in [0.15, 0.2) is 12.1 Å². The molecule has 3 N–H and O–H groups in total. The Kier molecular flexibility index (Phi) is 6.83. The highest BCUT2D eigenvalue weighted by Gasteiger charge is 2.14. The standard InChI is InChI=1S/C10H9Cl2NO4.ClH/c11-6-1-5(2-9(15)16)10(7(12)3-6)17-4-8(13)14;/h1,3H,2,4H2,(H2,13,14)(H,15,16);1H. The summed E-state index contributed by atoms with van der Waals surface area (Å²) in [6, 6.07) is 2.81. The van der Waals surface area contributed by atoms with Crippen molar-refractivity contribution in [3.8, 4) is 5.75 Å². The lowest BCUT2D eigenvalue weighted by Gasteiger charge is -2.11. The number of carbonyl (C=O) groups is 2. The number of carbonyl (C=O) groups excluding carboxylic acids is 1. The largest absolute Gasteiger partial charge is 0.482 e. The first-order chi connectivity index (χ1) is 7.90. The predicted octanol–water partition coefficient (Wildman–Crippen LogP) is 1.91. The zero-order valence-corrected chi connectivity index (χ0v) is 11.3. The van der Waals surface area contributed by atoms with E-state index in [2.05, 4.69) is 0 Å². The number of amides is 1. The van der Waals surface area contributed by atoms with Crippen LogP contribution >= 0.6 is 35.6 Å². The molecule has 100 valence electrons. The molecule has 0 aliphatic carbocycles. The van der Waals surface area contributed by atoms with Gasteiger partial charge in [0.2, 0.25) is 0 Å². The summed E-state index contributed by atoms with van der Waals surface area (Å²) in [5.41, 5.74) is 5.21. The van der Waals surface area contributed by atoms with E-state index in [9.17, 15) is 9.59 Å². The van der Waals surface area contributed by atoms with Crippen molar-refractivity contribution in [3.05, 3.63) is 27.7 Å². The Morgan fingerprint density at radius 3 is 2.44 bits per heavy atom. The third-order valence-electron chi connectivity index (χ3n) is 1.79. The van der Waals surface area contributed by atoms with E-state index in [4.69, 9.17) is 38.8 Å². The molecule has 0 atom stereocenters. The van der Waals surface area contributed by atoms with E-state index in [0.717, 1.165) is 0 Å². The van der Waals surface area contributed by atoms with Crippen LogP contribution in [0.1, 0.15) is 5.56 Å². The number of hydrogen-bond donors (Lipinski definition) is 2. The SMILES string of the molecule is Cl.NC(=O)COc1c(Cl)cc(Cl)cc1CC(=O)O. The summed E-state index contributed by atoms with van der Waals surface area (Å²) in [5, 5.41) is 9.14.